The van der Waals surface area contributed by atoms with Crippen LogP contribution in [0.5, 0.6) is 0 Å². The minimum absolute atomic E-state index is 0.0454. The van der Waals surface area contributed by atoms with Crippen LogP contribution in [0.3, 0.4) is 0 Å². The van der Waals surface area contributed by atoms with E-state index in [1.54, 1.807) is 0 Å². The van der Waals surface area contributed by atoms with Crippen molar-refractivity contribution in [3.63, 3.8) is 0 Å². The molecule has 0 aliphatic rings. The normalized spacial score (nSPS) is 13.0. The minimum atomic E-state index is -0.453. The molecule has 0 saturated carbocycles. The largest absolute Gasteiger partial charge is 0.349 e. The van der Waals surface area contributed by atoms with Crippen LogP contribution in [-0.4, -0.2) is 17.9 Å². The summed E-state index contributed by atoms with van der Waals surface area (Å²) in [5, 5.41) is 6.66. The van der Waals surface area contributed by atoms with Gasteiger partial charge in [0.05, 0.1) is 9.88 Å². The molecule has 5 heteroatoms. The van der Waals surface area contributed by atoms with E-state index in [4.69, 9.17) is 0 Å². The van der Waals surface area contributed by atoms with Crippen molar-refractivity contribution in [2.24, 2.45) is 11.3 Å². The molecule has 0 aliphatic heterocycles. The number of nitrogens with one attached hydrogen (secondary N) is 2. The van der Waals surface area contributed by atoms with E-state index in [0.29, 0.717) is 10.8 Å². The Labute approximate surface area is 144 Å². The lowest BCUT2D eigenvalue weighted by molar-refractivity contribution is -0.123. The lowest BCUT2D eigenvalue weighted by atomic mass is 9.96. The average Bonchev–Trinajstić information content (AvgIpc) is 2.76. The van der Waals surface area contributed by atoms with Crippen molar-refractivity contribution < 1.29 is 9.59 Å². The zero-order valence-corrected chi connectivity index (χ0v) is 16.2. The number of hydrogen-bond acceptors (Lipinski definition) is 3. The number of rotatable bonds is 6. The number of carbonyl (C=O) groups is 2. The van der Waals surface area contributed by atoms with Gasteiger partial charge < -0.3 is 10.6 Å². The van der Waals surface area contributed by atoms with Crippen LogP contribution in [0.1, 0.15) is 69.6 Å². The zero-order valence-electron chi connectivity index (χ0n) is 15.4. The number of hydrogen-bond donors (Lipinski definition) is 2. The van der Waals surface area contributed by atoms with Crippen LogP contribution >= 0.6 is 11.3 Å². The van der Waals surface area contributed by atoms with Crippen LogP contribution in [0.4, 0.5) is 5.00 Å². The summed E-state index contributed by atoms with van der Waals surface area (Å²) in [5.74, 6) is 0.535. The zero-order chi connectivity index (χ0) is 17.8. The summed E-state index contributed by atoms with van der Waals surface area (Å²) in [6.45, 7) is 13.9. The highest BCUT2D eigenvalue weighted by molar-refractivity contribution is 7.18. The Morgan fingerprint density at radius 2 is 1.78 bits per heavy atom. The van der Waals surface area contributed by atoms with E-state index in [9.17, 15) is 9.59 Å². The summed E-state index contributed by atoms with van der Waals surface area (Å²) in [6, 6.07) is 2.01. The molecular weight excluding hydrogens is 308 g/mol. The summed E-state index contributed by atoms with van der Waals surface area (Å²) >= 11 is 1.33. The molecule has 1 heterocycles. The predicted octanol–water partition coefficient (Wildman–Crippen LogP) is 4.60. The second-order valence-corrected chi connectivity index (χ2v) is 8.72. The molecule has 23 heavy (non-hydrogen) atoms. The molecule has 1 aromatic rings. The maximum atomic E-state index is 12.4. The Bertz CT molecular complexity index is 556. The van der Waals surface area contributed by atoms with Crippen LogP contribution in [0.25, 0.3) is 0 Å². The second kappa shape index (κ2) is 7.95. The van der Waals surface area contributed by atoms with Crippen molar-refractivity contribution in [2.45, 2.75) is 67.3 Å². The fraction of sp³-hybridized carbons (Fsp3) is 0.667. The fourth-order valence-electron chi connectivity index (χ4n) is 2.01. The van der Waals surface area contributed by atoms with E-state index < -0.39 is 5.41 Å². The molecule has 1 rings (SSSR count). The third-order valence-corrected chi connectivity index (χ3v) is 4.75. The van der Waals surface area contributed by atoms with Crippen molar-refractivity contribution in [1.29, 1.82) is 0 Å². The Balaban J connectivity index is 2.70. The van der Waals surface area contributed by atoms with Gasteiger partial charge in [0.15, 0.2) is 0 Å². The quantitative estimate of drug-likeness (QED) is 0.796. The summed E-state index contributed by atoms with van der Waals surface area (Å²) in [4.78, 5) is 25.1. The van der Waals surface area contributed by atoms with Gasteiger partial charge in [-0.1, -0.05) is 34.6 Å². The van der Waals surface area contributed by atoms with Crippen molar-refractivity contribution in [3.05, 3.63) is 16.5 Å². The first-order valence-electron chi connectivity index (χ1n) is 8.23. The number of anilines is 1. The molecule has 1 aromatic heterocycles. The molecule has 0 saturated heterocycles. The van der Waals surface area contributed by atoms with Gasteiger partial charge >= 0.3 is 0 Å². The van der Waals surface area contributed by atoms with Crippen LogP contribution < -0.4 is 10.6 Å². The van der Waals surface area contributed by atoms with E-state index >= 15 is 0 Å². The van der Waals surface area contributed by atoms with Gasteiger partial charge in [0.2, 0.25) is 5.91 Å². The summed E-state index contributed by atoms with van der Waals surface area (Å²) in [5.41, 5.74) is 0.443. The van der Waals surface area contributed by atoms with Crippen molar-refractivity contribution >= 4 is 28.2 Å². The molecule has 0 aliphatic carbocycles. The maximum absolute atomic E-state index is 12.4. The Hall–Kier alpha value is -1.36. The lowest BCUT2D eigenvalue weighted by Gasteiger charge is -2.16. The van der Waals surface area contributed by atoms with E-state index in [-0.39, 0.29) is 17.9 Å². The molecule has 1 unspecified atom stereocenters. The summed E-state index contributed by atoms with van der Waals surface area (Å²) in [7, 11) is 0. The first kappa shape index (κ1) is 19.7. The monoisotopic (exact) mass is 338 g/mol. The van der Waals surface area contributed by atoms with Crippen LogP contribution in [0, 0.1) is 18.3 Å². The molecule has 1 atom stereocenters. The standard InChI is InChI=1S/C18H30N2O2S/c1-11(2)8-9-13(4)19-16(21)15-12(3)10-14(23-15)20-17(22)18(5,6)7/h10-11,13H,8-9H2,1-7H3,(H,19,21)(H,20,22). The Kier molecular flexibility index (Phi) is 6.81. The number of aryl methyl sites for hydroxylation is 1. The molecule has 0 fully saturated rings. The number of amides is 2. The molecule has 0 radical (unpaired) electrons. The molecule has 2 amide bonds. The van der Waals surface area contributed by atoms with Crippen LogP contribution in [0.15, 0.2) is 6.07 Å². The van der Waals surface area contributed by atoms with Gasteiger partial charge in [-0.15, -0.1) is 11.3 Å². The highest BCUT2D eigenvalue weighted by Gasteiger charge is 2.23. The van der Waals surface area contributed by atoms with E-state index in [1.807, 2.05) is 40.7 Å². The van der Waals surface area contributed by atoms with Crippen molar-refractivity contribution in [2.75, 3.05) is 5.32 Å². The van der Waals surface area contributed by atoms with Crippen LogP contribution in [0.2, 0.25) is 0 Å². The average molecular weight is 339 g/mol. The Morgan fingerprint density at radius 3 is 2.30 bits per heavy atom. The smallest absolute Gasteiger partial charge is 0.261 e. The Morgan fingerprint density at radius 1 is 1.17 bits per heavy atom. The lowest BCUT2D eigenvalue weighted by Crippen LogP contribution is -2.32. The van der Waals surface area contributed by atoms with Gasteiger partial charge in [0, 0.05) is 11.5 Å². The third-order valence-electron chi connectivity index (χ3n) is 3.60. The topological polar surface area (TPSA) is 58.2 Å². The molecule has 0 aromatic carbocycles. The van der Waals surface area contributed by atoms with Gasteiger partial charge in [-0.2, -0.15) is 0 Å². The molecule has 130 valence electrons. The first-order chi connectivity index (χ1) is 10.5. The minimum Gasteiger partial charge on any atom is -0.349 e. The van der Waals surface area contributed by atoms with Gasteiger partial charge in [0.25, 0.3) is 5.91 Å². The van der Waals surface area contributed by atoms with Gasteiger partial charge in [-0.05, 0) is 44.2 Å². The highest BCUT2D eigenvalue weighted by atomic mass is 32.1. The second-order valence-electron chi connectivity index (χ2n) is 7.67. The maximum Gasteiger partial charge on any atom is 0.261 e. The molecular formula is C18H30N2O2S. The van der Waals surface area contributed by atoms with Gasteiger partial charge in [-0.3, -0.25) is 9.59 Å². The highest BCUT2D eigenvalue weighted by Crippen LogP contribution is 2.28. The first-order valence-corrected chi connectivity index (χ1v) is 9.05. The fourth-order valence-corrected chi connectivity index (χ4v) is 2.98. The molecule has 0 spiro atoms. The van der Waals surface area contributed by atoms with E-state index in [0.717, 1.165) is 23.4 Å². The van der Waals surface area contributed by atoms with Crippen molar-refractivity contribution in [3.8, 4) is 0 Å². The van der Waals surface area contributed by atoms with Gasteiger partial charge in [-0.25, -0.2) is 0 Å². The summed E-state index contributed by atoms with van der Waals surface area (Å²) < 4.78 is 0. The molecule has 0 bridgehead atoms. The SMILES string of the molecule is Cc1cc(NC(=O)C(C)(C)C)sc1C(=O)NC(C)CCC(C)C. The molecule has 4 nitrogen and oxygen atoms in total. The van der Waals surface area contributed by atoms with E-state index in [2.05, 4.69) is 24.5 Å². The van der Waals surface area contributed by atoms with Gasteiger partial charge in [0.1, 0.15) is 0 Å². The number of thiophene rings is 1. The summed E-state index contributed by atoms with van der Waals surface area (Å²) in [6.07, 6.45) is 2.07. The predicted molar refractivity (Wildman–Crippen MR) is 98.1 cm³/mol. The molecule has 2 N–H and O–H groups in total. The third kappa shape index (κ3) is 6.34. The van der Waals surface area contributed by atoms with E-state index in [1.165, 1.54) is 11.3 Å². The van der Waals surface area contributed by atoms with Crippen LogP contribution in [-0.2, 0) is 4.79 Å². The van der Waals surface area contributed by atoms with Crippen molar-refractivity contribution in [1.82, 2.24) is 5.32 Å². The number of carbonyl (C=O) groups excluding carboxylic acids is 2.